The number of aromatic amines is 1. The van der Waals surface area contributed by atoms with Crippen LogP contribution in [0.3, 0.4) is 0 Å². The van der Waals surface area contributed by atoms with Gasteiger partial charge in [0.15, 0.2) is 0 Å². The third-order valence-electron chi connectivity index (χ3n) is 3.08. The van der Waals surface area contributed by atoms with Crippen molar-refractivity contribution in [3.63, 3.8) is 0 Å². The van der Waals surface area contributed by atoms with Crippen LogP contribution < -0.4 is 16.0 Å². The Morgan fingerprint density at radius 2 is 1.91 bits per heavy atom. The molecule has 0 radical (unpaired) electrons. The van der Waals surface area contributed by atoms with E-state index in [1.807, 2.05) is 19.9 Å². The third kappa shape index (κ3) is 2.94. The maximum absolute atomic E-state index is 11.9. The highest BCUT2D eigenvalue weighted by atomic mass is 16.5. The van der Waals surface area contributed by atoms with Gasteiger partial charge in [-0.2, -0.15) is 10.5 Å². The van der Waals surface area contributed by atoms with E-state index in [1.165, 1.54) is 12.1 Å². The Morgan fingerprint density at radius 1 is 1.26 bits per heavy atom. The predicted octanol–water partition coefficient (Wildman–Crippen LogP) is 1.86. The number of nitrogen functional groups attached to an aromatic ring is 1. The summed E-state index contributed by atoms with van der Waals surface area (Å²) in [6, 6.07) is 8.00. The van der Waals surface area contributed by atoms with Crippen LogP contribution in [0.4, 0.5) is 5.82 Å². The molecule has 7 heteroatoms. The van der Waals surface area contributed by atoms with Crippen LogP contribution in [0, 0.1) is 22.7 Å². The van der Waals surface area contributed by atoms with Gasteiger partial charge in [-0.1, -0.05) is 0 Å². The number of aromatic hydroxyl groups is 1. The zero-order valence-corrected chi connectivity index (χ0v) is 12.5. The lowest BCUT2D eigenvalue weighted by atomic mass is 9.96. The summed E-state index contributed by atoms with van der Waals surface area (Å²) < 4.78 is 5.46. The number of H-pyrrole nitrogens is 1. The summed E-state index contributed by atoms with van der Waals surface area (Å²) in [5.41, 5.74) is 4.72. The zero-order valence-electron chi connectivity index (χ0n) is 12.5. The lowest BCUT2D eigenvalue weighted by Crippen LogP contribution is -2.16. The number of hydrogen-bond donors (Lipinski definition) is 3. The van der Waals surface area contributed by atoms with Gasteiger partial charge >= 0.3 is 0 Å². The van der Waals surface area contributed by atoms with Crippen molar-refractivity contribution in [3.8, 4) is 34.8 Å². The fraction of sp³-hybridized carbons (Fsp3) is 0.188. The highest BCUT2D eigenvalue weighted by Gasteiger charge is 2.20. The quantitative estimate of drug-likeness (QED) is 0.791. The van der Waals surface area contributed by atoms with E-state index in [-0.39, 0.29) is 39.9 Å². The molecular formula is C16H14N4O3. The van der Waals surface area contributed by atoms with Gasteiger partial charge in [-0.15, -0.1) is 0 Å². The van der Waals surface area contributed by atoms with E-state index in [1.54, 1.807) is 12.1 Å². The average molecular weight is 310 g/mol. The SMILES string of the molecule is CC(C)Oc1ccc(-c2c(C#N)c(N)[nH]c(=O)c2C#N)c(O)c1. The monoisotopic (exact) mass is 310 g/mol. The summed E-state index contributed by atoms with van der Waals surface area (Å²) >= 11 is 0. The van der Waals surface area contributed by atoms with Crippen molar-refractivity contribution < 1.29 is 9.84 Å². The molecule has 0 fully saturated rings. The third-order valence-corrected chi connectivity index (χ3v) is 3.08. The minimum Gasteiger partial charge on any atom is -0.507 e. The van der Waals surface area contributed by atoms with Crippen molar-refractivity contribution in [3.05, 3.63) is 39.7 Å². The van der Waals surface area contributed by atoms with Gasteiger partial charge in [0.1, 0.15) is 40.6 Å². The molecule has 0 aliphatic rings. The summed E-state index contributed by atoms with van der Waals surface area (Å²) in [5.74, 6) is 0.0469. The van der Waals surface area contributed by atoms with E-state index in [9.17, 15) is 20.4 Å². The number of aromatic nitrogens is 1. The zero-order chi connectivity index (χ0) is 17.1. The molecule has 0 atom stereocenters. The van der Waals surface area contributed by atoms with Crippen LogP contribution in [0.15, 0.2) is 23.0 Å². The van der Waals surface area contributed by atoms with Crippen molar-refractivity contribution in [1.29, 1.82) is 10.5 Å². The molecule has 2 rings (SSSR count). The Balaban J connectivity index is 2.75. The van der Waals surface area contributed by atoms with Gasteiger partial charge < -0.3 is 20.6 Å². The molecule has 0 saturated heterocycles. The molecule has 0 spiro atoms. The second-order valence-corrected chi connectivity index (χ2v) is 5.06. The number of ether oxygens (including phenoxy) is 1. The molecule has 4 N–H and O–H groups in total. The summed E-state index contributed by atoms with van der Waals surface area (Å²) in [6.07, 6.45) is -0.0835. The van der Waals surface area contributed by atoms with Crippen LogP contribution in [0.25, 0.3) is 11.1 Å². The Bertz CT molecular complexity index is 901. The number of nitrogens with two attached hydrogens (primary N) is 1. The summed E-state index contributed by atoms with van der Waals surface area (Å²) in [6.45, 7) is 3.67. The molecule has 0 aliphatic carbocycles. The smallest absolute Gasteiger partial charge is 0.268 e. The number of phenols is 1. The molecule has 1 heterocycles. The number of nitriles is 2. The average Bonchev–Trinajstić information content (AvgIpc) is 2.46. The van der Waals surface area contributed by atoms with Crippen LogP contribution in [0.1, 0.15) is 25.0 Å². The van der Waals surface area contributed by atoms with Gasteiger partial charge in [0, 0.05) is 17.2 Å². The number of hydrogen-bond acceptors (Lipinski definition) is 6. The molecule has 23 heavy (non-hydrogen) atoms. The van der Waals surface area contributed by atoms with Crippen LogP contribution in [0.2, 0.25) is 0 Å². The number of nitrogens with zero attached hydrogens (tertiary/aromatic N) is 2. The van der Waals surface area contributed by atoms with Crippen molar-refractivity contribution >= 4 is 5.82 Å². The lowest BCUT2D eigenvalue weighted by Gasteiger charge is -2.13. The molecular weight excluding hydrogens is 296 g/mol. The van der Waals surface area contributed by atoms with Gasteiger partial charge in [0.25, 0.3) is 5.56 Å². The first-order valence-electron chi connectivity index (χ1n) is 6.75. The molecule has 0 bridgehead atoms. The number of nitrogens with one attached hydrogen (secondary N) is 1. The van der Waals surface area contributed by atoms with Gasteiger partial charge in [-0.25, -0.2) is 0 Å². The molecule has 7 nitrogen and oxygen atoms in total. The molecule has 2 aromatic rings. The first kappa shape index (κ1) is 15.9. The van der Waals surface area contributed by atoms with E-state index in [0.717, 1.165) is 0 Å². The number of rotatable bonds is 3. The maximum atomic E-state index is 11.9. The second kappa shape index (κ2) is 6.12. The van der Waals surface area contributed by atoms with Crippen molar-refractivity contribution in [2.45, 2.75) is 20.0 Å². The Kier molecular flexibility index (Phi) is 4.24. The lowest BCUT2D eigenvalue weighted by molar-refractivity contribution is 0.241. The highest BCUT2D eigenvalue weighted by molar-refractivity contribution is 5.83. The largest absolute Gasteiger partial charge is 0.507 e. The van der Waals surface area contributed by atoms with Crippen LogP contribution in [0.5, 0.6) is 11.5 Å². The van der Waals surface area contributed by atoms with Gasteiger partial charge in [0.2, 0.25) is 0 Å². The minimum atomic E-state index is -0.721. The Hall–Kier alpha value is -3.45. The van der Waals surface area contributed by atoms with Crippen molar-refractivity contribution in [2.75, 3.05) is 5.73 Å². The van der Waals surface area contributed by atoms with Crippen LogP contribution in [-0.4, -0.2) is 16.2 Å². The highest BCUT2D eigenvalue weighted by Crippen LogP contribution is 2.36. The molecule has 0 aliphatic heterocycles. The number of anilines is 1. The van der Waals surface area contributed by atoms with Gasteiger partial charge in [-0.05, 0) is 26.0 Å². The number of pyridine rings is 1. The molecule has 116 valence electrons. The maximum Gasteiger partial charge on any atom is 0.268 e. The van der Waals surface area contributed by atoms with Crippen molar-refractivity contribution in [2.24, 2.45) is 0 Å². The molecule has 1 aromatic heterocycles. The number of benzene rings is 1. The molecule has 0 saturated carbocycles. The first-order valence-corrected chi connectivity index (χ1v) is 6.75. The fourth-order valence-electron chi connectivity index (χ4n) is 2.18. The van der Waals surface area contributed by atoms with E-state index in [2.05, 4.69) is 4.98 Å². The summed E-state index contributed by atoms with van der Waals surface area (Å²) in [4.78, 5) is 14.1. The van der Waals surface area contributed by atoms with Crippen LogP contribution >= 0.6 is 0 Å². The van der Waals surface area contributed by atoms with Gasteiger partial charge in [0.05, 0.1) is 6.10 Å². The molecule has 0 unspecified atom stereocenters. The van der Waals surface area contributed by atoms with Crippen LogP contribution in [-0.2, 0) is 0 Å². The fourth-order valence-corrected chi connectivity index (χ4v) is 2.18. The first-order chi connectivity index (χ1) is 10.9. The van der Waals surface area contributed by atoms with E-state index in [4.69, 9.17) is 10.5 Å². The molecule has 1 aromatic carbocycles. The second-order valence-electron chi connectivity index (χ2n) is 5.06. The Morgan fingerprint density at radius 3 is 2.43 bits per heavy atom. The summed E-state index contributed by atoms with van der Waals surface area (Å²) in [5, 5.41) is 28.7. The van der Waals surface area contributed by atoms with E-state index >= 15 is 0 Å². The topological polar surface area (TPSA) is 136 Å². The van der Waals surface area contributed by atoms with E-state index < -0.39 is 5.56 Å². The summed E-state index contributed by atoms with van der Waals surface area (Å²) in [7, 11) is 0. The molecule has 0 amide bonds. The van der Waals surface area contributed by atoms with Crippen molar-refractivity contribution in [1.82, 2.24) is 4.98 Å². The number of phenolic OH excluding ortho intramolecular Hbond substituents is 1. The normalized spacial score (nSPS) is 10.1. The van der Waals surface area contributed by atoms with E-state index in [0.29, 0.717) is 5.75 Å². The minimum absolute atomic E-state index is 0.00449. The predicted molar refractivity (Wildman–Crippen MR) is 83.8 cm³/mol. The van der Waals surface area contributed by atoms with Gasteiger partial charge in [-0.3, -0.25) is 4.79 Å². The Labute approximate surface area is 132 Å². The standard InChI is InChI=1S/C16H14N4O3/c1-8(2)23-9-3-4-10(13(21)5-9)14-11(6-17)15(19)20-16(22)12(14)7-18/h3-5,8,21H,1-2H3,(H3,19,20,22).